The topological polar surface area (TPSA) is 26.0 Å². The Kier molecular flexibility index (Phi) is 1.89. The molecule has 46 valence electrons. The highest BCUT2D eigenvalue weighted by atomic mass is 16.3. The van der Waals surface area contributed by atoms with E-state index < -0.39 is 0 Å². The Morgan fingerprint density at radius 2 is 2.67 bits per heavy atom. The van der Waals surface area contributed by atoms with Crippen molar-refractivity contribution < 1.29 is 4.42 Å². The van der Waals surface area contributed by atoms with Crippen molar-refractivity contribution in [3.8, 4) is 0 Å². The zero-order valence-electron chi connectivity index (χ0n) is 5.16. The fraction of sp³-hybridized carbons (Fsp3) is 0.143. The first-order chi connectivity index (χ1) is 4.43. The summed E-state index contributed by atoms with van der Waals surface area (Å²) in [6.45, 7) is 1.90. The first-order valence-electron chi connectivity index (χ1n) is 2.69. The molecule has 1 rings (SSSR count). The Morgan fingerprint density at radius 1 is 1.78 bits per heavy atom. The van der Waals surface area contributed by atoms with E-state index in [0.717, 1.165) is 5.76 Å². The van der Waals surface area contributed by atoms with Gasteiger partial charge in [0, 0.05) is 6.08 Å². The summed E-state index contributed by atoms with van der Waals surface area (Å²) < 4.78 is 4.89. The summed E-state index contributed by atoms with van der Waals surface area (Å²) in [5.41, 5.74) is 2.87. The number of aromatic nitrogens is 1. The highest BCUT2D eigenvalue weighted by Gasteiger charge is 1.83. The summed E-state index contributed by atoms with van der Waals surface area (Å²) >= 11 is 0. The van der Waals surface area contributed by atoms with Gasteiger partial charge >= 0.3 is 0 Å². The lowest BCUT2D eigenvalue weighted by Crippen LogP contribution is -1.54. The van der Waals surface area contributed by atoms with Crippen LogP contribution in [0.25, 0.3) is 6.08 Å². The normalized spacial score (nSPS) is 8.11. The molecule has 0 fully saturated rings. The zero-order valence-corrected chi connectivity index (χ0v) is 5.16. The van der Waals surface area contributed by atoms with Crippen molar-refractivity contribution in [1.82, 2.24) is 4.98 Å². The summed E-state index contributed by atoms with van der Waals surface area (Å²) in [5, 5.41) is 0. The van der Waals surface area contributed by atoms with Gasteiger partial charge in [-0.05, 0) is 13.0 Å². The van der Waals surface area contributed by atoms with Crippen LogP contribution in [0.2, 0.25) is 0 Å². The predicted octanol–water partition coefficient (Wildman–Crippen LogP) is 1.86. The van der Waals surface area contributed by atoms with Crippen LogP contribution in [0, 0.1) is 0 Å². The second kappa shape index (κ2) is 2.90. The molecule has 0 N–H and O–H groups in total. The van der Waals surface area contributed by atoms with Gasteiger partial charge in [0.15, 0.2) is 12.2 Å². The summed E-state index contributed by atoms with van der Waals surface area (Å²) in [4.78, 5) is 3.72. The van der Waals surface area contributed by atoms with Gasteiger partial charge in [-0.2, -0.15) is 0 Å². The second-order valence-corrected chi connectivity index (χ2v) is 1.50. The molecule has 0 aliphatic heterocycles. The van der Waals surface area contributed by atoms with E-state index in [9.17, 15) is 0 Å². The molecule has 0 amide bonds. The van der Waals surface area contributed by atoms with E-state index in [1.807, 2.05) is 13.0 Å². The van der Waals surface area contributed by atoms with Crippen LogP contribution in [0.1, 0.15) is 12.7 Å². The molecule has 0 unspecified atom stereocenters. The maximum absolute atomic E-state index is 4.89. The van der Waals surface area contributed by atoms with E-state index in [1.165, 1.54) is 6.39 Å². The summed E-state index contributed by atoms with van der Waals surface area (Å²) in [5.74, 6) is 0.730. The Bertz CT molecular complexity index is 217. The third kappa shape index (κ3) is 1.59. The molecule has 0 aliphatic rings. The fourth-order valence-corrected chi connectivity index (χ4v) is 0.462. The fourth-order valence-electron chi connectivity index (χ4n) is 0.462. The predicted molar refractivity (Wildman–Crippen MR) is 34.7 cm³/mol. The molecule has 1 aromatic rings. The van der Waals surface area contributed by atoms with Gasteiger partial charge in [-0.3, -0.25) is 0 Å². The SMILES string of the molecule is CC=C=Cc1cnco1. The van der Waals surface area contributed by atoms with Gasteiger partial charge < -0.3 is 4.42 Å². The number of allylic oxidation sites excluding steroid dienone is 1. The second-order valence-electron chi connectivity index (χ2n) is 1.50. The molecule has 1 heterocycles. The van der Waals surface area contributed by atoms with Crippen molar-refractivity contribution in [1.29, 1.82) is 0 Å². The van der Waals surface area contributed by atoms with Crippen LogP contribution >= 0.6 is 0 Å². The zero-order chi connectivity index (χ0) is 6.53. The highest BCUT2D eigenvalue weighted by molar-refractivity contribution is 5.39. The van der Waals surface area contributed by atoms with Gasteiger partial charge in [0.05, 0.1) is 6.20 Å². The quantitative estimate of drug-likeness (QED) is 0.530. The molecule has 0 bridgehead atoms. The Labute approximate surface area is 53.5 Å². The van der Waals surface area contributed by atoms with E-state index in [1.54, 1.807) is 12.3 Å². The molecule has 2 heteroatoms. The lowest BCUT2D eigenvalue weighted by molar-refractivity contribution is 0.548. The van der Waals surface area contributed by atoms with Crippen molar-refractivity contribution in [3.05, 3.63) is 30.2 Å². The molecule has 0 atom stereocenters. The first kappa shape index (κ1) is 5.86. The van der Waals surface area contributed by atoms with E-state index in [0.29, 0.717) is 0 Å². The summed E-state index contributed by atoms with van der Waals surface area (Å²) in [6.07, 6.45) is 6.56. The van der Waals surface area contributed by atoms with Gasteiger partial charge in [0.2, 0.25) is 0 Å². The van der Waals surface area contributed by atoms with E-state index in [-0.39, 0.29) is 0 Å². The van der Waals surface area contributed by atoms with E-state index in [2.05, 4.69) is 10.7 Å². The monoisotopic (exact) mass is 121 g/mol. The molecule has 9 heavy (non-hydrogen) atoms. The number of nitrogens with zero attached hydrogens (tertiary/aromatic N) is 1. The maximum atomic E-state index is 4.89. The van der Waals surface area contributed by atoms with Crippen molar-refractivity contribution in [2.45, 2.75) is 6.92 Å². The Morgan fingerprint density at radius 3 is 3.22 bits per heavy atom. The number of rotatable bonds is 1. The minimum atomic E-state index is 0.730. The lowest BCUT2D eigenvalue weighted by atomic mass is 10.5. The van der Waals surface area contributed by atoms with Crippen molar-refractivity contribution in [2.75, 3.05) is 0 Å². The van der Waals surface area contributed by atoms with Gasteiger partial charge in [-0.25, -0.2) is 4.98 Å². The Balaban J connectivity index is 2.80. The molecule has 0 radical (unpaired) electrons. The molecular formula is C7H7NO. The summed E-state index contributed by atoms with van der Waals surface area (Å²) in [6, 6.07) is 0. The lowest BCUT2D eigenvalue weighted by Gasteiger charge is -1.72. The minimum Gasteiger partial charge on any atom is -0.444 e. The first-order valence-corrected chi connectivity index (χ1v) is 2.69. The van der Waals surface area contributed by atoms with Crippen molar-refractivity contribution in [3.63, 3.8) is 0 Å². The highest BCUT2D eigenvalue weighted by Crippen LogP contribution is 1.96. The van der Waals surface area contributed by atoms with E-state index in [4.69, 9.17) is 4.42 Å². The summed E-state index contributed by atoms with van der Waals surface area (Å²) in [7, 11) is 0. The number of oxazole rings is 1. The van der Waals surface area contributed by atoms with Crippen LogP contribution in [0.3, 0.4) is 0 Å². The standard InChI is InChI=1S/C7H7NO/c1-2-3-4-7-5-8-6-9-7/h2,4-6H,1H3. The molecule has 0 aliphatic carbocycles. The number of hydrogen-bond donors (Lipinski definition) is 0. The van der Waals surface area contributed by atoms with Crippen molar-refractivity contribution >= 4 is 6.08 Å². The van der Waals surface area contributed by atoms with Gasteiger partial charge in [0.25, 0.3) is 0 Å². The van der Waals surface area contributed by atoms with Crippen LogP contribution in [-0.2, 0) is 0 Å². The van der Waals surface area contributed by atoms with Gasteiger partial charge in [-0.15, -0.1) is 5.73 Å². The average molecular weight is 121 g/mol. The molecule has 0 aromatic carbocycles. The van der Waals surface area contributed by atoms with Crippen LogP contribution in [0.4, 0.5) is 0 Å². The smallest absolute Gasteiger partial charge is 0.181 e. The molecule has 0 saturated heterocycles. The maximum Gasteiger partial charge on any atom is 0.181 e. The van der Waals surface area contributed by atoms with Gasteiger partial charge in [-0.1, -0.05) is 0 Å². The molecule has 0 spiro atoms. The average Bonchev–Trinajstić information content (AvgIpc) is 2.34. The minimum absolute atomic E-state index is 0.730. The largest absolute Gasteiger partial charge is 0.444 e. The van der Waals surface area contributed by atoms with Crippen LogP contribution in [0.5, 0.6) is 0 Å². The molecule has 2 nitrogen and oxygen atoms in total. The third-order valence-corrected chi connectivity index (χ3v) is 0.844. The van der Waals surface area contributed by atoms with Crippen molar-refractivity contribution in [2.24, 2.45) is 0 Å². The molecular weight excluding hydrogens is 114 g/mol. The van der Waals surface area contributed by atoms with Crippen LogP contribution in [0.15, 0.2) is 28.8 Å². The van der Waals surface area contributed by atoms with Gasteiger partial charge in [0.1, 0.15) is 0 Å². The Hall–Kier alpha value is -1.27. The molecule has 0 saturated carbocycles. The molecule has 1 aromatic heterocycles. The van der Waals surface area contributed by atoms with Crippen LogP contribution in [-0.4, -0.2) is 4.98 Å². The third-order valence-electron chi connectivity index (χ3n) is 0.844. The van der Waals surface area contributed by atoms with Crippen LogP contribution < -0.4 is 0 Å². The van der Waals surface area contributed by atoms with E-state index >= 15 is 0 Å². The number of hydrogen-bond acceptors (Lipinski definition) is 2.